The molecule has 31 heavy (non-hydrogen) atoms. The number of nitrogens with zero attached hydrogens (tertiary/aromatic N) is 3. The standard InChI is InChI=1S/C22H17Cl2N3O4/c1-12-8-20(31-13-4-5-17(23)18(24)9-13)15(10-19(12)27(28)29)16-11-26(2)21-14(16)6-7-25-22(21)30-3/h4-11H,1-3H3. The summed E-state index contributed by atoms with van der Waals surface area (Å²) >= 11 is 12.1. The zero-order chi connectivity index (χ0) is 22.3. The fourth-order valence-electron chi connectivity index (χ4n) is 3.51. The fraction of sp³-hybridized carbons (Fsp3) is 0.136. The van der Waals surface area contributed by atoms with Gasteiger partial charge >= 0.3 is 0 Å². The van der Waals surface area contributed by atoms with Gasteiger partial charge in [-0.15, -0.1) is 0 Å². The number of aryl methyl sites for hydroxylation is 2. The minimum absolute atomic E-state index is 0.00508. The Bertz CT molecular complexity index is 1330. The molecule has 4 rings (SSSR count). The van der Waals surface area contributed by atoms with Crippen molar-refractivity contribution in [1.29, 1.82) is 0 Å². The highest BCUT2D eigenvalue weighted by Gasteiger charge is 2.22. The molecule has 0 spiro atoms. The molecule has 158 valence electrons. The monoisotopic (exact) mass is 457 g/mol. The van der Waals surface area contributed by atoms with E-state index in [4.69, 9.17) is 32.7 Å². The summed E-state index contributed by atoms with van der Waals surface area (Å²) in [7, 11) is 3.40. The van der Waals surface area contributed by atoms with E-state index in [2.05, 4.69) is 4.98 Å². The minimum Gasteiger partial charge on any atom is -0.479 e. The quantitative estimate of drug-likeness (QED) is 0.250. The van der Waals surface area contributed by atoms with Crippen LogP contribution in [0.15, 0.2) is 48.8 Å². The molecule has 0 unspecified atom stereocenters. The number of halogens is 2. The first-order valence-corrected chi connectivity index (χ1v) is 9.96. The van der Waals surface area contributed by atoms with Gasteiger partial charge in [-0.25, -0.2) is 4.98 Å². The Morgan fingerprint density at radius 2 is 1.87 bits per heavy atom. The topological polar surface area (TPSA) is 79.4 Å². The van der Waals surface area contributed by atoms with Crippen LogP contribution in [0.3, 0.4) is 0 Å². The lowest BCUT2D eigenvalue weighted by Crippen LogP contribution is -1.96. The van der Waals surface area contributed by atoms with Crippen molar-refractivity contribution in [1.82, 2.24) is 9.55 Å². The van der Waals surface area contributed by atoms with Crippen LogP contribution in [0.1, 0.15) is 5.56 Å². The Labute approximate surface area is 187 Å². The third kappa shape index (κ3) is 3.78. The number of nitro benzene ring substituents is 1. The van der Waals surface area contributed by atoms with Crippen LogP contribution in [0.2, 0.25) is 10.0 Å². The molecular weight excluding hydrogens is 441 g/mol. The molecular formula is C22H17Cl2N3O4. The summed E-state index contributed by atoms with van der Waals surface area (Å²) in [6, 6.07) is 9.91. The number of methoxy groups -OCH3 is 1. The number of nitro groups is 1. The van der Waals surface area contributed by atoms with Gasteiger partial charge in [-0.05, 0) is 31.2 Å². The van der Waals surface area contributed by atoms with E-state index in [1.807, 2.05) is 23.9 Å². The molecule has 2 heterocycles. The molecule has 0 N–H and O–H groups in total. The third-order valence-electron chi connectivity index (χ3n) is 4.95. The molecule has 9 heteroatoms. The zero-order valence-corrected chi connectivity index (χ0v) is 18.4. The molecule has 0 saturated heterocycles. The van der Waals surface area contributed by atoms with Crippen LogP contribution in [0.4, 0.5) is 5.69 Å². The summed E-state index contributed by atoms with van der Waals surface area (Å²) in [5, 5.41) is 13.2. The van der Waals surface area contributed by atoms with Crippen LogP contribution in [0, 0.1) is 17.0 Å². The first-order valence-electron chi connectivity index (χ1n) is 9.20. The second-order valence-corrected chi connectivity index (χ2v) is 7.75. The molecule has 0 saturated carbocycles. The lowest BCUT2D eigenvalue weighted by molar-refractivity contribution is -0.385. The summed E-state index contributed by atoms with van der Waals surface area (Å²) in [5.74, 6) is 1.37. The van der Waals surface area contributed by atoms with E-state index in [0.717, 1.165) is 16.5 Å². The molecule has 4 aromatic rings. The smallest absolute Gasteiger partial charge is 0.273 e. The normalized spacial score (nSPS) is 11.0. The third-order valence-corrected chi connectivity index (χ3v) is 5.69. The predicted octanol–water partition coefficient (Wildman–Crippen LogP) is 6.56. The first-order chi connectivity index (χ1) is 14.8. The Hall–Kier alpha value is -3.29. The number of rotatable bonds is 5. The van der Waals surface area contributed by atoms with Crippen molar-refractivity contribution in [3.8, 4) is 28.5 Å². The van der Waals surface area contributed by atoms with Gasteiger partial charge in [0.25, 0.3) is 5.69 Å². The van der Waals surface area contributed by atoms with E-state index in [1.165, 1.54) is 6.07 Å². The highest BCUT2D eigenvalue weighted by molar-refractivity contribution is 6.42. The Morgan fingerprint density at radius 1 is 1.10 bits per heavy atom. The van der Waals surface area contributed by atoms with Gasteiger partial charge < -0.3 is 14.0 Å². The van der Waals surface area contributed by atoms with Gasteiger partial charge in [0.1, 0.15) is 17.0 Å². The maximum absolute atomic E-state index is 11.6. The molecule has 0 aliphatic carbocycles. The van der Waals surface area contributed by atoms with E-state index in [9.17, 15) is 10.1 Å². The summed E-state index contributed by atoms with van der Waals surface area (Å²) in [6.07, 6.45) is 3.50. The van der Waals surface area contributed by atoms with E-state index in [1.54, 1.807) is 44.5 Å². The van der Waals surface area contributed by atoms with E-state index in [0.29, 0.717) is 38.6 Å². The van der Waals surface area contributed by atoms with Gasteiger partial charge in [0.05, 0.1) is 22.1 Å². The summed E-state index contributed by atoms with van der Waals surface area (Å²) in [5.41, 5.74) is 2.54. The maximum atomic E-state index is 11.6. The molecule has 0 amide bonds. The molecule has 2 aromatic heterocycles. The second-order valence-electron chi connectivity index (χ2n) is 6.94. The van der Waals surface area contributed by atoms with Crippen LogP contribution < -0.4 is 9.47 Å². The number of hydrogen-bond donors (Lipinski definition) is 0. The fourth-order valence-corrected chi connectivity index (χ4v) is 3.80. The largest absolute Gasteiger partial charge is 0.479 e. The molecule has 0 radical (unpaired) electrons. The Kier molecular flexibility index (Phi) is 5.47. The van der Waals surface area contributed by atoms with Gasteiger partial charge in [0.2, 0.25) is 5.88 Å². The lowest BCUT2D eigenvalue weighted by Gasteiger charge is -2.13. The predicted molar refractivity (Wildman–Crippen MR) is 121 cm³/mol. The van der Waals surface area contributed by atoms with Gasteiger partial charge in [-0.1, -0.05) is 23.2 Å². The van der Waals surface area contributed by atoms with Gasteiger partial charge in [0.15, 0.2) is 0 Å². The van der Waals surface area contributed by atoms with Gasteiger partial charge in [-0.2, -0.15) is 0 Å². The van der Waals surface area contributed by atoms with Crippen molar-refractivity contribution in [3.63, 3.8) is 0 Å². The molecule has 0 aliphatic heterocycles. The van der Waals surface area contributed by atoms with E-state index in [-0.39, 0.29) is 5.69 Å². The van der Waals surface area contributed by atoms with E-state index < -0.39 is 4.92 Å². The van der Waals surface area contributed by atoms with Crippen molar-refractivity contribution < 1.29 is 14.4 Å². The van der Waals surface area contributed by atoms with Crippen molar-refractivity contribution in [2.45, 2.75) is 6.92 Å². The highest BCUT2D eigenvalue weighted by Crippen LogP contribution is 2.43. The SMILES string of the molecule is COc1nccc2c(-c3cc([N+](=O)[O-])c(C)cc3Oc3ccc(Cl)c(Cl)c3)cn(C)c12. The summed E-state index contributed by atoms with van der Waals surface area (Å²) < 4.78 is 13.4. The number of hydrogen-bond acceptors (Lipinski definition) is 5. The number of aromatic nitrogens is 2. The molecule has 7 nitrogen and oxygen atoms in total. The highest BCUT2D eigenvalue weighted by atomic mass is 35.5. The summed E-state index contributed by atoms with van der Waals surface area (Å²) in [6.45, 7) is 1.67. The maximum Gasteiger partial charge on any atom is 0.273 e. The molecule has 0 bridgehead atoms. The van der Waals surface area contributed by atoms with Gasteiger partial charge in [0, 0.05) is 53.7 Å². The molecule has 0 fully saturated rings. The number of pyridine rings is 1. The van der Waals surface area contributed by atoms with Crippen LogP contribution in [-0.4, -0.2) is 21.6 Å². The average Bonchev–Trinajstić information content (AvgIpc) is 3.07. The molecule has 0 atom stereocenters. The van der Waals surface area contributed by atoms with E-state index >= 15 is 0 Å². The number of fused-ring (bicyclic) bond motifs is 1. The van der Waals surface area contributed by atoms with Crippen molar-refractivity contribution >= 4 is 39.8 Å². The molecule has 2 aromatic carbocycles. The van der Waals surface area contributed by atoms with Crippen molar-refractivity contribution in [2.75, 3.05) is 7.11 Å². The van der Waals surface area contributed by atoms with Gasteiger partial charge in [-0.3, -0.25) is 10.1 Å². The Balaban J connectivity index is 1.96. The minimum atomic E-state index is -0.408. The lowest BCUT2D eigenvalue weighted by atomic mass is 10.0. The van der Waals surface area contributed by atoms with Crippen LogP contribution in [-0.2, 0) is 7.05 Å². The molecule has 0 aliphatic rings. The Morgan fingerprint density at radius 3 is 2.55 bits per heavy atom. The van der Waals surface area contributed by atoms with Crippen LogP contribution >= 0.6 is 23.2 Å². The zero-order valence-electron chi connectivity index (χ0n) is 16.8. The van der Waals surface area contributed by atoms with Crippen LogP contribution in [0.25, 0.3) is 22.0 Å². The van der Waals surface area contributed by atoms with Crippen LogP contribution in [0.5, 0.6) is 17.4 Å². The average molecular weight is 458 g/mol. The number of benzene rings is 2. The summed E-state index contributed by atoms with van der Waals surface area (Å²) in [4.78, 5) is 15.5. The number of ether oxygens (including phenoxy) is 2. The van der Waals surface area contributed by atoms with Crippen molar-refractivity contribution in [3.05, 3.63) is 74.5 Å². The first kappa shape index (κ1) is 21.0. The second kappa shape index (κ2) is 8.09. The van der Waals surface area contributed by atoms with Crippen molar-refractivity contribution in [2.24, 2.45) is 7.05 Å².